The van der Waals surface area contributed by atoms with Gasteiger partial charge >= 0.3 is 6.18 Å². The minimum atomic E-state index is -4.90. The number of alkyl halides is 3. The van der Waals surface area contributed by atoms with Crippen molar-refractivity contribution in [2.75, 3.05) is 37.7 Å². The summed E-state index contributed by atoms with van der Waals surface area (Å²) in [5.74, 6) is -1.26. The Bertz CT molecular complexity index is 1210. The van der Waals surface area contributed by atoms with Crippen LogP contribution >= 0.6 is 11.6 Å². The van der Waals surface area contributed by atoms with E-state index in [-0.39, 0.29) is 26.2 Å². The molecule has 0 unspecified atom stereocenters. The third-order valence-corrected chi connectivity index (χ3v) is 5.86. The molecule has 4 rings (SSSR count). The van der Waals surface area contributed by atoms with Crippen LogP contribution in [0, 0.1) is 5.82 Å². The van der Waals surface area contributed by atoms with Crippen molar-refractivity contribution in [1.82, 2.24) is 14.9 Å². The van der Waals surface area contributed by atoms with E-state index in [9.17, 15) is 22.4 Å². The average molecular weight is 509 g/mol. The van der Waals surface area contributed by atoms with E-state index in [1.54, 1.807) is 12.3 Å². The highest BCUT2D eigenvalue weighted by Crippen LogP contribution is 2.36. The topological polar surface area (TPSA) is 58.6 Å². The highest BCUT2D eigenvalue weighted by molar-refractivity contribution is 6.31. The highest BCUT2D eigenvalue weighted by atomic mass is 35.5. The first-order valence-corrected chi connectivity index (χ1v) is 11.2. The Kier molecular flexibility index (Phi) is 7.11. The molecule has 0 aliphatic carbocycles. The Hall–Kier alpha value is -3.40. The zero-order valence-electron chi connectivity index (χ0n) is 18.6. The second-order valence-corrected chi connectivity index (χ2v) is 8.17. The predicted molar refractivity (Wildman–Crippen MR) is 123 cm³/mol. The van der Waals surface area contributed by atoms with Gasteiger partial charge in [0.05, 0.1) is 28.5 Å². The first-order chi connectivity index (χ1) is 16.7. The molecule has 35 heavy (non-hydrogen) atoms. The lowest BCUT2D eigenvalue weighted by Gasteiger charge is -2.35. The molecule has 3 aromatic rings. The van der Waals surface area contributed by atoms with E-state index in [1.165, 1.54) is 4.90 Å². The normalized spacial score (nSPS) is 14.2. The van der Waals surface area contributed by atoms with Crippen LogP contribution in [0.4, 0.5) is 23.5 Å². The van der Waals surface area contributed by atoms with Gasteiger partial charge in [-0.05, 0) is 49.4 Å². The summed E-state index contributed by atoms with van der Waals surface area (Å²) in [5, 5.41) is -0.542. The van der Waals surface area contributed by atoms with E-state index >= 15 is 0 Å². The number of aromatic nitrogens is 2. The van der Waals surface area contributed by atoms with Gasteiger partial charge in [0, 0.05) is 37.9 Å². The molecule has 2 heterocycles. The second kappa shape index (κ2) is 10.1. The number of piperazine rings is 1. The third-order valence-electron chi connectivity index (χ3n) is 5.57. The molecule has 0 N–H and O–H groups in total. The molecule has 1 aliphatic heterocycles. The molecule has 6 nitrogen and oxygen atoms in total. The van der Waals surface area contributed by atoms with Crippen LogP contribution in [0.3, 0.4) is 0 Å². The maximum atomic E-state index is 14.5. The molecule has 1 saturated heterocycles. The number of carbonyl (C=O) groups excluding carboxylic acids is 1. The smallest absolute Gasteiger partial charge is 0.417 e. The predicted octanol–water partition coefficient (Wildman–Crippen LogP) is 5.32. The maximum Gasteiger partial charge on any atom is 0.417 e. The van der Waals surface area contributed by atoms with Gasteiger partial charge in [0.25, 0.3) is 5.91 Å². The number of halogens is 5. The summed E-state index contributed by atoms with van der Waals surface area (Å²) in [6.07, 6.45) is -3.28. The van der Waals surface area contributed by atoms with E-state index < -0.39 is 34.1 Å². The number of benzene rings is 2. The Balaban J connectivity index is 1.49. The van der Waals surface area contributed by atoms with Gasteiger partial charge in [0.1, 0.15) is 5.75 Å². The zero-order chi connectivity index (χ0) is 25.2. The summed E-state index contributed by atoms with van der Waals surface area (Å²) in [5.41, 5.74) is -0.861. The van der Waals surface area contributed by atoms with Gasteiger partial charge < -0.3 is 14.5 Å². The van der Waals surface area contributed by atoms with Crippen molar-refractivity contribution in [3.63, 3.8) is 0 Å². The Morgan fingerprint density at radius 2 is 1.74 bits per heavy atom. The lowest BCUT2D eigenvalue weighted by Crippen LogP contribution is -2.49. The van der Waals surface area contributed by atoms with Gasteiger partial charge in [0.2, 0.25) is 5.95 Å². The van der Waals surface area contributed by atoms with E-state index in [4.69, 9.17) is 16.3 Å². The van der Waals surface area contributed by atoms with Gasteiger partial charge in [-0.3, -0.25) is 4.79 Å². The van der Waals surface area contributed by atoms with Crippen LogP contribution in [0.5, 0.6) is 5.75 Å². The van der Waals surface area contributed by atoms with Crippen LogP contribution in [0.2, 0.25) is 5.02 Å². The fourth-order valence-electron chi connectivity index (χ4n) is 3.81. The van der Waals surface area contributed by atoms with Gasteiger partial charge in [0.15, 0.2) is 5.82 Å². The average Bonchev–Trinajstić information content (AvgIpc) is 2.85. The minimum Gasteiger partial charge on any atom is -0.494 e. The number of rotatable bonds is 5. The van der Waals surface area contributed by atoms with Crippen molar-refractivity contribution in [3.8, 4) is 17.0 Å². The Labute approximate surface area is 204 Å². The monoisotopic (exact) mass is 508 g/mol. The molecule has 0 spiro atoms. The van der Waals surface area contributed by atoms with E-state index in [0.717, 1.165) is 17.4 Å². The summed E-state index contributed by atoms with van der Waals surface area (Å²) in [6.45, 7) is 3.13. The number of anilines is 1. The molecule has 1 amide bonds. The molecule has 1 aromatic heterocycles. The highest BCUT2D eigenvalue weighted by Gasteiger charge is 2.39. The molecule has 1 aliphatic rings. The van der Waals surface area contributed by atoms with Crippen molar-refractivity contribution in [2.45, 2.75) is 13.1 Å². The zero-order valence-corrected chi connectivity index (χ0v) is 19.4. The van der Waals surface area contributed by atoms with Crippen LogP contribution in [0.1, 0.15) is 22.8 Å². The Morgan fingerprint density at radius 3 is 2.37 bits per heavy atom. The van der Waals surface area contributed by atoms with Crippen LogP contribution in [-0.4, -0.2) is 53.6 Å². The molecule has 184 valence electrons. The van der Waals surface area contributed by atoms with Crippen LogP contribution in [0.15, 0.2) is 48.7 Å². The first-order valence-electron chi connectivity index (χ1n) is 10.8. The van der Waals surface area contributed by atoms with Crippen molar-refractivity contribution in [2.24, 2.45) is 0 Å². The summed E-state index contributed by atoms with van der Waals surface area (Å²) in [6, 6.07) is 10.6. The van der Waals surface area contributed by atoms with Crippen molar-refractivity contribution < 1.29 is 27.1 Å². The van der Waals surface area contributed by atoms with E-state index in [2.05, 4.69) is 9.97 Å². The van der Waals surface area contributed by atoms with Crippen LogP contribution in [0.25, 0.3) is 11.3 Å². The lowest BCUT2D eigenvalue weighted by atomic mass is 10.0. The quantitative estimate of drug-likeness (QED) is 0.437. The molecule has 0 atom stereocenters. The van der Waals surface area contributed by atoms with Crippen molar-refractivity contribution >= 4 is 23.5 Å². The molecule has 0 saturated carbocycles. The van der Waals surface area contributed by atoms with E-state index in [0.29, 0.717) is 24.3 Å². The molecular weight excluding hydrogens is 488 g/mol. The number of amides is 1. The van der Waals surface area contributed by atoms with Crippen LogP contribution in [-0.2, 0) is 6.18 Å². The third kappa shape index (κ3) is 5.32. The molecule has 0 bridgehead atoms. The molecule has 11 heteroatoms. The SMILES string of the molecule is CCOc1ccc(-c2ccnc(N3CCN(C(=O)c4c(C(F)(F)F)ccc(Cl)c4F)CC3)n2)cc1. The van der Waals surface area contributed by atoms with Gasteiger partial charge in [-0.1, -0.05) is 11.6 Å². The molecule has 2 aromatic carbocycles. The first kappa shape index (κ1) is 24.7. The molecule has 0 radical (unpaired) electrons. The second-order valence-electron chi connectivity index (χ2n) is 7.76. The fraction of sp³-hybridized carbons (Fsp3) is 0.292. The summed E-state index contributed by atoms with van der Waals surface area (Å²) >= 11 is 5.67. The van der Waals surface area contributed by atoms with Gasteiger partial charge in [-0.25, -0.2) is 14.4 Å². The standard InChI is InChI=1S/C24H21ClF4N4O2/c1-2-35-16-5-3-15(4-6-16)19-9-10-30-23(31-19)33-13-11-32(12-14-33)22(34)20-17(24(27,28)29)7-8-18(25)21(20)26/h3-10H,2,11-14H2,1H3. The van der Waals surface area contributed by atoms with Crippen molar-refractivity contribution in [3.05, 3.63) is 70.6 Å². The minimum absolute atomic E-state index is 0.0682. The summed E-state index contributed by atoms with van der Waals surface area (Å²) in [4.78, 5) is 24.7. The van der Waals surface area contributed by atoms with Crippen LogP contribution < -0.4 is 9.64 Å². The molecular formula is C24H21ClF4N4O2. The largest absolute Gasteiger partial charge is 0.494 e. The Morgan fingerprint density at radius 1 is 1.06 bits per heavy atom. The number of carbonyl (C=O) groups is 1. The number of hydrogen-bond acceptors (Lipinski definition) is 5. The maximum absolute atomic E-state index is 14.5. The van der Waals surface area contributed by atoms with E-state index in [1.807, 2.05) is 36.1 Å². The number of nitrogens with zero attached hydrogens (tertiary/aromatic N) is 4. The van der Waals surface area contributed by atoms with Crippen molar-refractivity contribution in [1.29, 1.82) is 0 Å². The number of ether oxygens (including phenoxy) is 1. The molecule has 1 fully saturated rings. The van der Waals surface area contributed by atoms with Gasteiger partial charge in [-0.15, -0.1) is 0 Å². The van der Waals surface area contributed by atoms with Gasteiger partial charge in [-0.2, -0.15) is 13.2 Å². The fourth-order valence-corrected chi connectivity index (χ4v) is 3.97. The summed E-state index contributed by atoms with van der Waals surface area (Å²) in [7, 11) is 0. The lowest BCUT2D eigenvalue weighted by molar-refractivity contribution is -0.138. The summed E-state index contributed by atoms with van der Waals surface area (Å²) < 4.78 is 60.1. The number of hydrogen-bond donors (Lipinski definition) is 0.